The fraction of sp³-hybridized carbons (Fsp3) is 0.211. The maximum Gasteiger partial charge on any atom is 0.251 e. The van der Waals surface area contributed by atoms with Crippen LogP contribution in [0.3, 0.4) is 0 Å². The molecule has 2 N–H and O–H groups in total. The predicted molar refractivity (Wildman–Crippen MR) is 106 cm³/mol. The van der Waals surface area contributed by atoms with Gasteiger partial charge in [-0.05, 0) is 42.7 Å². The molecular formula is C19H19N5O2S. The minimum absolute atomic E-state index is 0.228. The first-order chi connectivity index (χ1) is 13.2. The Morgan fingerprint density at radius 2 is 2.04 bits per heavy atom. The second-order valence-corrected chi connectivity index (χ2v) is 6.79. The largest absolute Gasteiger partial charge is 0.344 e. The van der Waals surface area contributed by atoms with E-state index < -0.39 is 0 Å². The van der Waals surface area contributed by atoms with Crippen molar-refractivity contribution in [1.29, 1.82) is 0 Å². The molecular weight excluding hydrogens is 362 g/mol. The lowest BCUT2D eigenvalue weighted by molar-refractivity contribution is 0.0935. The van der Waals surface area contributed by atoms with Gasteiger partial charge in [0.15, 0.2) is 0 Å². The van der Waals surface area contributed by atoms with Crippen molar-refractivity contribution in [3.05, 3.63) is 76.7 Å². The van der Waals surface area contributed by atoms with Crippen LogP contribution in [0.5, 0.6) is 0 Å². The van der Waals surface area contributed by atoms with Crippen LogP contribution in [0.2, 0.25) is 0 Å². The summed E-state index contributed by atoms with van der Waals surface area (Å²) in [5.74, 6) is 1.02. The third kappa shape index (κ3) is 5.01. The molecule has 0 aliphatic heterocycles. The van der Waals surface area contributed by atoms with Crippen molar-refractivity contribution in [1.82, 2.24) is 25.3 Å². The molecule has 0 aromatic carbocycles. The summed E-state index contributed by atoms with van der Waals surface area (Å²) in [6.45, 7) is 0. The maximum atomic E-state index is 12.6. The van der Waals surface area contributed by atoms with E-state index in [1.807, 2.05) is 12.3 Å². The predicted octanol–water partition coefficient (Wildman–Crippen LogP) is 2.45. The van der Waals surface area contributed by atoms with Crippen LogP contribution in [0.1, 0.15) is 28.5 Å². The van der Waals surface area contributed by atoms with Crippen molar-refractivity contribution < 1.29 is 4.79 Å². The van der Waals surface area contributed by atoms with Gasteiger partial charge >= 0.3 is 0 Å². The van der Waals surface area contributed by atoms with Gasteiger partial charge in [0.05, 0.1) is 11.7 Å². The molecule has 3 rings (SSSR count). The van der Waals surface area contributed by atoms with E-state index in [0.717, 1.165) is 5.75 Å². The Balaban J connectivity index is 1.91. The SMILES string of the molecule is CSCC[C@H](NC(=O)c1ccncc1)c1cc(=O)[nH]c(-c2cccnc2)n1. The van der Waals surface area contributed by atoms with E-state index >= 15 is 0 Å². The topological polar surface area (TPSA) is 101 Å². The smallest absolute Gasteiger partial charge is 0.251 e. The summed E-state index contributed by atoms with van der Waals surface area (Å²) in [7, 11) is 0. The summed E-state index contributed by atoms with van der Waals surface area (Å²) in [4.78, 5) is 40.0. The van der Waals surface area contributed by atoms with Crippen LogP contribution in [-0.4, -0.2) is 37.9 Å². The van der Waals surface area contributed by atoms with Crippen LogP contribution in [0.25, 0.3) is 11.4 Å². The Labute approximate surface area is 160 Å². The molecule has 27 heavy (non-hydrogen) atoms. The van der Waals surface area contributed by atoms with Gasteiger partial charge < -0.3 is 10.3 Å². The van der Waals surface area contributed by atoms with Gasteiger partial charge in [-0.25, -0.2) is 4.98 Å². The molecule has 8 heteroatoms. The van der Waals surface area contributed by atoms with E-state index in [2.05, 4.69) is 25.3 Å². The zero-order chi connectivity index (χ0) is 19.1. The highest BCUT2D eigenvalue weighted by Gasteiger charge is 2.18. The second kappa shape index (κ2) is 9.09. The van der Waals surface area contributed by atoms with Crippen molar-refractivity contribution in [3.63, 3.8) is 0 Å². The van der Waals surface area contributed by atoms with Crippen LogP contribution < -0.4 is 10.9 Å². The molecule has 1 atom stereocenters. The zero-order valence-corrected chi connectivity index (χ0v) is 15.6. The number of nitrogens with one attached hydrogen (secondary N) is 2. The number of thioether (sulfide) groups is 1. The van der Waals surface area contributed by atoms with Crippen molar-refractivity contribution in [2.45, 2.75) is 12.5 Å². The molecule has 0 aliphatic carbocycles. The quantitative estimate of drug-likeness (QED) is 0.652. The van der Waals surface area contributed by atoms with Gasteiger partial charge in [-0.2, -0.15) is 11.8 Å². The van der Waals surface area contributed by atoms with Gasteiger partial charge in [0, 0.05) is 42.0 Å². The van der Waals surface area contributed by atoms with Crippen LogP contribution >= 0.6 is 11.8 Å². The summed E-state index contributed by atoms with van der Waals surface area (Å²) in [6, 6.07) is 7.94. The van der Waals surface area contributed by atoms with Gasteiger partial charge in [0.2, 0.25) is 0 Å². The summed E-state index contributed by atoms with van der Waals surface area (Å²) < 4.78 is 0. The average molecular weight is 381 g/mol. The lowest BCUT2D eigenvalue weighted by Crippen LogP contribution is -2.30. The number of hydrogen-bond donors (Lipinski definition) is 2. The van der Waals surface area contributed by atoms with Crippen LogP contribution in [0.4, 0.5) is 0 Å². The lowest BCUT2D eigenvalue weighted by Gasteiger charge is -2.18. The minimum Gasteiger partial charge on any atom is -0.344 e. The van der Waals surface area contributed by atoms with Gasteiger partial charge in [0.1, 0.15) is 5.82 Å². The fourth-order valence-electron chi connectivity index (χ4n) is 2.57. The molecule has 0 saturated carbocycles. The highest BCUT2D eigenvalue weighted by molar-refractivity contribution is 7.98. The molecule has 0 bridgehead atoms. The number of carbonyl (C=O) groups is 1. The van der Waals surface area contributed by atoms with Gasteiger partial charge in [-0.3, -0.25) is 19.6 Å². The summed E-state index contributed by atoms with van der Waals surface area (Å²) in [6.07, 6.45) is 9.07. The van der Waals surface area contributed by atoms with Crippen LogP contribution in [0.15, 0.2) is 59.9 Å². The monoisotopic (exact) mass is 381 g/mol. The van der Waals surface area contributed by atoms with Gasteiger partial charge in [-0.15, -0.1) is 0 Å². The minimum atomic E-state index is -0.379. The first kappa shape index (κ1) is 18.8. The summed E-state index contributed by atoms with van der Waals surface area (Å²) in [5.41, 5.74) is 1.47. The number of amides is 1. The van der Waals surface area contributed by atoms with E-state index in [1.54, 1.807) is 54.7 Å². The standard InChI is InChI=1S/C19H19N5O2S/c1-27-10-6-15(23-19(26)13-4-8-20-9-5-13)16-11-17(25)24-18(22-16)14-3-2-7-21-12-14/h2-5,7-9,11-12,15H,6,10H2,1H3,(H,23,26)(H,22,24,25)/t15-/m0/s1. The summed E-state index contributed by atoms with van der Waals surface area (Å²) in [5, 5.41) is 2.98. The van der Waals surface area contributed by atoms with E-state index in [1.165, 1.54) is 6.07 Å². The van der Waals surface area contributed by atoms with E-state index in [4.69, 9.17) is 0 Å². The molecule has 7 nitrogen and oxygen atoms in total. The molecule has 3 heterocycles. The number of aromatic nitrogens is 4. The van der Waals surface area contributed by atoms with Crippen molar-refractivity contribution in [3.8, 4) is 11.4 Å². The van der Waals surface area contributed by atoms with Crippen LogP contribution in [-0.2, 0) is 0 Å². The first-order valence-electron chi connectivity index (χ1n) is 8.39. The Morgan fingerprint density at radius 1 is 1.22 bits per heavy atom. The Morgan fingerprint density at radius 3 is 2.74 bits per heavy atom. The molecule has 0 saturated heterocycles. The van der Waals surface area contributed by atoms with Crippen LogP contribution in [0, 0.1) is 0 Å². The number of pyridine rings is 2. The van der Waals surface area contributed by atoms with E-state index in [9.17, 15) is 9.59 Å². The van der Waals surface area contributed by atoms with Gasteiger partial charge in [0.25, 0.3) is 11.5 Å². The van der Waals surface area contributed by atoms with E-state index in [0.29, 0.717) is 29.1 Å². The highest BCUT2D eigenvalue weighted by Crippen LogP contribution is 2.19. The number of rotatable bonds is 7. The number of H-pyrrole nitrogens is 1. The normalized spacial score (nSPS) is 11.7. The van der Waals surface area contributed by atoms with Gasteiger partial charge in [-0.1, -0.05) is 0 Å². The molecule has 3 aromatic heterocycles. The molecule has 0 radical (unpaired) electrons. The molecule has 0 fully saturated rings. The third-order valence-corrected chi connectivity index (χ3v) is 4.56. The Hall–Kier alpha value is -3.00. The van der Waals surface area contributed by atoms with Crippen molar-refractivity contribution >= 4 is 17.7 Å². The Bertz CT molecular complexity index is 947. The molecule has 3 aromatic rings. The third-order valence-electron chi connectivity index (χ3n) is 3.91. The molecule has 0 spiro atoms. The number of carbonyl (C=O) groups excluding carboxylic acids is 1. The lowest BCUT2D eigenvalue weighted by atomic mass is 10.1. The maximum absolute atomic E-state index is 12.6. The number of aromatic amines is 1. The van der Waals surface area contributed by atoms with E-state index in [-0.39, 0.29) is 17.5 Å². The van der Waals surface area contributed by atoms with Crippen molar-refractivity contribution in [2.24, 2.45) is 0 Å². The average Bonchev–Trinajstić information content (AvgIpc) is 2.71. The number of hydrogen-bond acceptors (Lipinski definition) is 6. The number of nitrogens with zero attached hydrogens (tertiary/aromatic N) is 3. The fourth-order valence-corrected chi connectivity index (χ4v) is 3.04. The molecule has 0 unspecified atom stereocenters. The second-order valence-electron chi connectivity index (χ2n) is 5.80. The molecule has 0 aliphatic rings. The first-order valence-corrected chi connectivity index (χ1v) is 9.78. The van der Waals surface area contributed by atoms with Crippen molar-refractivity contribution in [2.75, 3.05) is 12.0 Å². The molecule has 1 amide bonds. The highest BCUT2D eigenvalue weighted by atomic mass is 32.2. The summed E-state index contributed by atoms with van der Waals surface area (Å²) >= 11 is 1.67. The Kier molecular flexibility index (Phi) is 6.32. The zero-order valence-electron chi connectivity index (χ0n) is 14.8. The molecule has 138 valence electrons.